The van der Waals surface area contributed by atoms with Gasteiger partial charge in [0.2, 0.25) is 0 Å². The highest BCUT2D eigenvalue weighted by atomic mass is 16.3. The summed E-state index contributed by atoms with van der Waals surface area (Å²) in [6.07, 6.45) is 7.91. The van der Waals surface area contributed by atoms with Crippen molar-refractivity contribution in [3.63, 3.8) is 0 Å². The molecule has 2 unspecified atom stereocenters. The van der Waals surface area contributed by atoms with Gasteiger partial charge in [-0.05, 0) is 38.8 Å². The summed E-state index contributed by atoms with van der Waals surface area (Å²) in [5, 5.41) is 10.2. The summed E-state index contributed by atoms with van der Waals surface area (Å²) >= 11 is 0. The van der Waals surface area contributed by atoms with Crippen LogP contribution in [-0.2, 0) is 0 Å². The van der Waals surface area contributed by atoms with Gasteiger partial charge in [-0.15, -0.1) is 0 Å². The minimum Gasteiger partial charge on any atom is -0.391 e. The highest BCUT2D eigenvalue weighted by Crippen LogP contribution is 2.15. The van der Waals surface area contributed by atoms with Gasteiger partial charge in [0.05, 0.1) is 6.10 Å². The van der Waals surface area contributed by atoms with Crippen molar-refractivity contribution in [1.29, 1.82) is 0 Å². The van der Waals surface area contributed by atoms with Gasteiger partial charge in [-0.1, -0.05) is 47.0 Å². The number of aliphatic hydroxyl groups is 1. The van der Waals surface area contributed by atoms with Crippen LogP contribution in [0.1, 0.15) is 72.6 Å². The zero-order valence-electron chi connectivity index (χ0n) is 12.4. The van der Waals surface area contributed by atoms with E-state index >= 15 is 0 Å². The molecule has 0 spiro atoms. The highest BCUT2D eigenvalue weighted by Gasteiger charge is 2.22. The Kier molecular flexibility index (Phi) is 11.0. The number of hydrogen-bond donors (Lipinski definition) is 1. The molecule has 1 N–H and O–H groups in total. The van der Waals surface area contributed by atoms with E-state index in [1.54, 1.807) is 0 Å². The zero-order chi connectivity index (χ0) is 13.1. The molecule has 0 heterocycles. The van der Waals surface area contributed by atoms with Gasteiger partial charge < -0.3 is 5.11 Å². The smallest absolute Gasteiger partial charge is 0.0695 e. The van der Waals surface area contributed by atoms with E-state index in [1.807, 2.05) is 0 Å². The largest absolute Gasteiger partial charge is 0.391 e. The van der Waals surface area contributed by atoms with Gasteiger partial charge in [0.25, 0.3) is 0 Å². The van der Waals surface area contributed by atoms with E-state index in [4.69, 9.17) is 0 Å². The van der Waals surface area contributed by atoms with Crippen LogP contribution in [0.25, 0.3) is 0 Å². The van der Waals surface area contributed by atoms with Gasteiger partial charge in [-0.2, -0.15) is 0 Å². The molecule has 0 rings (SSSR count). The molecule has 0 aromatic carbocycles. The molecule has 0 radical (unpaired) electrons. The van der Waals surface area contributed by atoms with Crippen molar-refractivity contribution >= 4 is 0 Å². The Morgan fingerprint density at radius 1 is 0.882 bits per heavy atom. The molecule has 0 aliphatic carbocycles. The van der Waals surface area contributed by atoms with Crippen molar-refractivity contribution in [2.45, 2.75) is 84.8 Å². The molecule has 17 heavy (non-hydrogen) atoms. The Labute approximate surface area is 108 Å². The molecule has 0 saturated heterocycles. The topological polar surface area (TPSA) is 23.5 Å². The van der Waals surface area contributed by atoms with Gasteiger partial charge in [-0.3, -0.25) is 4.90 Å². The predicted octanol–water partition coefficient (Wildman–Crippen LogP) is 3.83. The quantitative estimate of drug-likeness (QED) is 0.596. The van der Waals surface area contributed by atoms with Crippen LogP contribution in [0.2, 0.25) is 0 Å². The third-order valence-corrected chi connectivity index (χ3v) is 3.51. The fourth-order valence-electron chi connectivity index (χ4n) is 2.43. The third kappa shape index (κ3) is 7.05. The first-order chi connectivity index (χ1) is 8.21. The van der Waals surface area contributed by atoms with E-state index in [2.05, 4.69) is 32.6 Å². The monoisotopic (exact) mass is 243 g/mol. The van der Waals surface area contributed by atoms with Crippen molar-refractivity contribution in [3.8, 4) is 0 Å². The minimum absolute atomic E-state index is 0.140. The lowest BCUT2D eigenvalue weighted by atomic mass is 10.0. The maximum absolute atomic E-state index is 10.2. The second-order valence-corrected chi connectivity index (χ2v) is 5.07. The first kappa shape index (κ1) is 16.9. The molecule has 104 valence electrons. The van der Waals surface area contributed by atoms with Crippen LogP contribution >= 0.6 is 0 Å². The van der Waals surface area contributed by atoms with Crippen LogP contribution in [0.15, 0.2) is 0 Å². The van der Waals surface area contributed by atoms with E-state index in [-0.39, 0.29) is 6.10 Å². The van der Waals surface area contributed by atoms with E-state index in [1.165, 1.54) is 25.7 Å². The van der Waals surface area contributed by atoms with E-state index in [0.29, 0.717) is 6.04 Å². The summed E-state index contributed by atoms with van der Waals surface area (Å²) in [6, 6.07) is 0.369. The Morgan fingerprint density at radius 3 is 1.76 bits per heavy atom. The summed E-state index contributed by atoms with van der Waals surface area (Å²) in [7, 11) is 0. The average Bonchev–Trinajstić information content (AvgIpc) is 2.33. The molecular formula is C15H33NO. The standard InChI is InChI=1S/C15H33NO/c1-5-9-12-16(13-10-6-2)14(8-4)15(17)11-7-3/h14-15,17H,5-13H2,1-4H3. The molecule has 0 aliphatic rings. The molecule has 0 fully saturated rings. The molecule has 2 heteroatoms. The second kappa shape index (κ2) is 11.0. The second-order valence-electron chi connectivity index (χ2n) is 5.07. The van der Waals surface area contributed by atoms with Crippen molar-refractivity contribution in [2.75, 3.05) is 13.1 Å². The summed E-state index contributed by atoms with van der Waals surface area (Å²) in [4.78, 5) is 2.52. The van der Waals surface area contributed by atoms with Crippen molar-refractivity contribution in [2.24, 2.45) is 0 Å². The number of unbranched alkanes of at least 4 members (excludes halogenated alkanes) is 2. The molecule has 2 nitrogen and oxygen atoms in total. The molecular weight excluding hydrogens is 210 g/mol. The number of aliphatic hydroxyl groups excluding tert-OH is 1. The normalized spacial score (nSPS) is 15.2. The maximum Gasteiger partial charge on any atom is 0.0695 e. The van der Waals surface area contributed by atoms with Gasteiger partial charge in [0.15, 0.2) is 0 Å². The lowest BCUT2D eigenvalue weighted by Crippen LogP contribution is -2.44. The van der Waals surface area contributed by atoms with Gasteiger partial charge in [0, 0.05) is 6.04 Å². The van der Waals surface area contributed by atoms with E-state index in [9.17, 15) is 5.11 Å². The van der Waals surface area contributed by atoms with Crippen molar-refractivity contribution in [3.05, 3.63) is 0 Å². The molecule has 0 bridgehead atoms. The Bertz CT molecular complexity index is 153. The van der Waals surface area contributed by atoms with Crippen LogP contribution in [0.4, 0.5) is 0 Å². The summed E-state index contributed by atoms with van der Waals surface area (Å²) in [6.45, 7) is 11.1. The summed E-state index contributed by atoms with van der Waals surface area (Å²) in [5.41, 5.74) is 0. The Hall–Kier alpha value is -0.0800. The molecule has 0 amide bonds. The van der Waals surface area contributed by atoms with Crippen LogP contribution in [0, 0.1) is 0 Å². The van der Waals surface area contributed by atoms with Crippen molar-refractivity contribution < 1.29 is 5.11 Å². The Morgan fingerprint density at radius 2 is 1.41 bits per heavy atom. The zero-order valence-corrected chi connectivity index (χ0v) is 12.4. The fourth-order valence-corrected chi connectivity index (χ4v) is 2.43. The average molecular weight is 243 g/mol. The van der Waals surface area contributed by atoms with Crippen LogP contribution in [-0.4, -0.2) is 35.2 Å². The first-order valence-electron chi connectivity index (χ1n) is 7.63. The maximum atomic E-state index is 10.2. The molecule has 0 aliphatic heterocycles. The van der Waals surface area contributed by atoms with Crippen LogP contribution in [0.3, 0.4) is 0 Å². The number of nitrogens with zero attached hydrogens (tertiary/aromatic N) is 1. The van der Waals surface area contributed by atoms with E-state index < -0.39 is 0 Å². The SMILES string of the molecule is CCCCN(CCCC)C(CC)C(O)CCC. The third-order valence-electron chi connectivity index (χ3n) is 3.51. The molecule has 0 aromatic rings. The van der Waals surface area contributed by atoms with Crippen LogP contribution in [0.5, 0.6) is 0 Å². The summed E-state index contributed by atoms with van der Waals surface area (Å²) < 4.78 is 0. The molecule has 0 saturated carbocycles. The first-order valence-corrected chi connectivity index (χ1v) is 7.63. The number of rotatable bonds is 11. The van der Waals surface area contributed by atoms with Crippen LogP contribution < -0.4 is 0 Å². The Balaban J connectivity index is 4.35. The van der Waals surface area contributed by atoms with Gasteiger partial charge in [0.1, 0.15) is 0 Å². The minimum atomic E-state index is -0.140. The van der Waals surface area contributed by atoms with Crippen molar-refractivity contribution in [1.82, 2.24) is 4.90 Å². The fraction of sp³-hybridized carbons (Fsp3) is 1.00. The summed E-state index contributed by atoms with van der Waals surface area (Å²) in [5.74, 6) is 0. The predicted molar refractivity (Wildman–Crippen MR) is 76.4 cm³/mol. The lowest BCUT2D eigenvalue weighted by Gasteiger charge is -2.34. The molecule has 0 aromatic heterocycles. The highest BCUT2D eigenvalue weighted by molar-refractivity contribution is 4.78. The van der Waals surface area contributed by atoms with E-state index in [0.717, 1.165) is 32.4 Å². The lowest BCUT2D eigenvalue weighted by molar-refractivity contribution is 0.0389. The van der Waals surface area contributed by atoms with Gasteiger partial charge >= 0.3 is 0 Å². The molecule has 2 atom stereocenters. The number of hydrogen-bond acceptors (Lipinski definition) is 2. The van der Waals surface area contributed by atoms with Gasteiger partial charge in [-0.25, -0.2) is 0 Å².